The second kappa shape index (κ2) is 9.09. The van der Waals surface area contributed by atoms with E-state index in [0.717, 1.165) is 16.4 Å². The molecular weight excluding hydrogens is 434 g/mol. The number of carbonyl (C=O) groups excluding carboxylic acids is 2. The Morgan fingerprint density at radius 3 is 2.16 bits per heavy atom. The summed E-state index contributed by atoms with van der Waals surface area (Å²) in [5.74, 6) is -1.31. The van der Waals surface area contributed by atoms with Crippen LogP contribution in [0.1, 0.15) is 15.9 Å². The number of anilines is 3. The molecule has 10 heteroatoms. The molecule has 0 saturated heterocycles. The lowest BCUT2D eigenvalue weighted by molar-refractivity contribution is -0.137. The molecular formula is C21H15F4N3O2S. The highest BCUT2D eigenvalue weighted by molar-refractivity contribution is 7.82. The molecule has 31 heavy (non-hydrogen) atoms. The first-order valence-corrected chi connectivity index (χ1v) is 9.18. The van der Waals surface area contributed by atoms with Crippen LogP contribution in [-0.2, 0) is 6.18 Å². The maximum Gasteiger partial charge on any atom is 0.416 e. The Kier molecular flexibility index (Phi) is 6.50. The van der Waals surface area contributed by atoms with E-state index in [2.05, 4.69) is 23.4 Å². The summed E-state index contributed by atoms with van der Waals surface area (Å²) in [6.45, 7) is 0. The molecule has 5 nitrogen and oxygen atoms in total. The zero-order valence-corrected chi connectivity index (χ0v) is 16.5. The number of benzene rings is 3. The second-order valence-electron chi connectivity index (χ2n) is 6.30. The molecule has 0 spiro atoms. The summed E-state index contributed by atoms with van der Waals surface area (Å²) in [6, 6.07) is 14.7. The number of amides is 3. The minimum absolute atomic E-state index is 0.0485. The average Bonchev–Trinajstić information content (AvgIpc) is 2.73. The van der Waals surface area contributed by atoms with Crippen LogP contribution in [0.3, 0.4) is 0 Å². The molecule has 0 aliphatic heterocycles. The molecule has 3 rings (SSSR count). The van der Waals surface area contributed by atoms with Gasteiger partial charge in [0.1, 0.15) is 5.82 Å². The van der Waals surface area contributed by atoms with Gasteiger partial charge in [-0.05, 0) is 54.6 Å². The molecule has 0 fully saturated rings. The van der Waals surface area contributed by atoms with Crippen molar-refractivity contribution in [2.45, 2.75) is 6.18 Å². The summed E-state index contributed by atoms with van der Waals surface area (Å²) in [5.41, 5.74) is -0.435. The molecule has 0 aromatic heterocycles. The van der Waals surface area contributed by atoms with Gasteiger partial charge in [0.15, 0.2) is 0 Å². The van der Waals surface area contributed by atoms with Gasteiger partial charge in [0.2, 0.25) is 0 Å². The van der Waals surface area contributed by atoms with Crippen molar-refractivity contribution < 1.29 is 27.2 Å². The number of nitrogens with one attached hydrogen (secondary N) is 2. The Morgan fingerprint density at radius 2 is 1.52 bits per heavy atom. The molecule has 0 atom stereocenters. The molecule has 0 aliphatic rings. The predicted octanol–water partition coefficient (Wildman–Crippen LogP) is 5.98. The van der Waals surface area contributed by atoms with Crippen LogP contribution in [0.2, 0.25) is 0 Å². The highest BCUT2D eigenvalue weighted by Crippen LogP contribution is 2.31. The van der Waals surface area contributed by atoms with Crippen molar-refractivity contribution in [3.63, 3.8) is 0 Å². The number of urea groups is 1. The van der Waals surface area contributed by atoms with Crippen LogP contribution >= 0.6 is 12.8 Å². The van der Waals surface area contributed by atoms with Gasteiger partial charge in [0.25, 0.3) is 5.91 Å². The van der Waals surface area contributed by atoms with Gasteiger partial charge in [-0.2, -0.15) is 13.2 Å². The van der Waals surface area contributed by atoms with Gasteiger partial charge in [0, 0.05) is 11.4 Å². The summed E-state index contributed by atoms with van der Waals surface area (Å²) in [5, 5.41) is 4.85. The maximum atomic E-state index is 13.7. The smallest absolute Gasteiger partial charge is 0.322 e. The van der Waals surface area contributed by atoms with Gasteiger partial charge in [-0.3, -0.25) is 4.79 Å². The maximum absolute atomic E-state index is 13.7. The van der Waals surface area contributed by atoms with Crippen LogP contribution in [-0.4, -0.2) is 11.9 Å². The van der Waals surface area contributed by atoms with Gasteiger partial charge in [0.05, 0.1) is 16.8 Å². The first-order valence-electron chi connectivity index (χ1n) is 8.78. The van der Waals surface area contributed by atoms with Gasteiger partial charge >= 0.3 is 12.2 Å². The molecule has 2 N–H and O–H groups in total. The average molecular weight is 449 g/mol. The van der Waals surface area contributed by atoms with E-state index in [4.69, 9.17) is 0 Å². The molecule has 0 radical (unpaired) electrons. The van der Waals surface area contributed by atoms with Gasteiger partial charge in [-0.1, -0.05) is 31.0 Å². The Bertz CT molecular complexity index is 1100. The Balaban J connectivity index is 1.66. The van der Waals surface area contributed by atoms with Crippen molar-refractivity contribution >= 4 is 41.8 Å². The summed E-state index contributed by atoms with van der Waals surface area (Å²) < 4.78 is 53.0. The number of nitrogens with zero attached hydrogens (tertiary/aromatic N) is 1. The fraction of sp³-hybridized carbons (Fsp3) is 0.0476. The van der Waals surface area contributed by atoms with Crippen molar-refractivity contribution in [3.8, 4) is 0 Å². The van der Waals surface area contributed by atoms with E-state index in [1.54, 1.807) is 0 Å². The summed E-state index contributed by atoms with van der Waals surface area (Å²) in [6.07, 6.45) is -4.54. The zero-order chi connectivity index (χ0) is 22.6. The van der Waals surface area contributed by atoms with E-state index in [9.17, 15) is 27.2 Å². The highest BCUT2D eigenvalue weighted by Gasteiger charge is 2.30. The van der Waals surface area contributed by atoms with Gasteiger partial charge < -0.3 is 10.6 Å². The lowest BCUT2D eigenvalue weighted by atomic mass is 10.2. The Hall–Kier alpha value is -3.53. The minimum atomic E-state index is -4.54. The second-order valence-corrected chi connectivity index (χ2v) is 6.70. The number of hydrogen-bond donors (Lipinski definition) is 3. The van der Waals surface area contributed by atoms with E-state index in [-0.39, 0.29) is 16.9 Å². The lowest BCUT2D eigenvalue weighted by Gasteiger charge is -2.17. The quantitative estimate of drug-likeness (QED) is 0.339. The predicted molar refractivity (Wildman–Crippen MR) is 113 cm³/mol. The molecule has 0 unspecified atom stereocenters. The molecule has 160 valence electrons. The third-order valence-corrected chi connectivity index (χ3v) is 4.53. The van der Waals surface area contributed by atoms with Crippen LogP contribution < -0.4 is 14.9 Å². The van der Waals surface area contributed by atoms with Crippen molar-refractivity contribution in [2.75, 3.05) is 14.9 Å². The number of alkyl halides is 3. The minimum Gasteiger partial charge on any atom is -0.322 e. The Labute approximate surface area is 180 Å². The van der Waals surface area contributed by atoms with Gasteiger partial charge in [-0.15, -0.1) is 0 Å². The van der Waals surface area contributed by atoms with E-state index in [1.165, 1.54) is 60.7 Å². The van der Waals surface area contributed by atoms with E-state index < -0.39 is 29.5 Å². The fourth-order valence-electron chi connectivity index (χ4n) is 2.60. The zero-order valence-electron chi connectivity index (χ0n) is 15.7. The van der Waals surface area contributed by atoms with Crippen LogP contribution in [0.5, 0.6) is 0 Å². The van der Waals surface area contributed by atoms with Crippen molar-refractivity contribution in [1.82, 2.24) is 0 Å². The molecule has 3 aromatic rings. The molecule has 0 aliphatic carbocycles. The van der Waals surface area contributed by atoms with Gasteiger partial charge in [-0.25, -0.2) is 13.5 Å². The van der Waals surface area contributed by atoms with Crippen LogP contribution in [0.25, 0.3) is 0 Å². The van der Waals surface area contributed by atoms with Crippen molar-refractivity contribution in [1.29, 1.82) is 0 Å². The molecule has 0 heterocycles. The fourth-order valence-corrected chi connectivity index (χ4v) is 2.78. The van der Waals surface area contributed by atoms with E-state index in [0.29, 0.717) is 5.69 Å². The SMILES string of the molecule is O=C(Nc1ccc(N(S)C(=O)Nc2cccc(C(F)(F)F)c2)cc1)c1ccccc1F. The van der Waals surface area contributed by atoms with Crippen LogP contribution in [0, 0.1) is 5.82 Å². The van der Waals surface area contributed by atoms with Crippen molar-refractivity contribution in [3.05, 3.63) is 89.7 Å². The monoisotopic (exact) mass is 449 g/mol. The molecule has 3 amide bonds. The summed E-state index contributed by atoms with van der Waals surface area (Å²) in [4.78, 5) is 24.4. The third-order valence-electron chi connectivity index (χ3n) is 4.12. The molecule has 0 bridgehead atoms. The molecule has 3 aromatic carbocycles. The summed E-state index contributed by atoms with van der Waals surface area (Å²) >= 11 is 4.06. The van der Waals surface area contributed by atoms with E-state index in [1.807, 2.05) is 0 Å². The largest absolute Gasteiger partial charge is 0.416 e. The first kappa shape index (κ1) is 22.2. The first-order chi connectivity index (χ1) is 14.6. The van der Waals surface area contributed by atoms with E-state index >= 15 is 0 Å². The van der Waals surface area contributed by atoms with Crippen LogP contribution in [0.4, 0.5) is 39.4 Å². The van der Waals surface area contributed by atoms with Crippen LogP contribution in [0.15, 0.2) is 72.8 Å². The Morgan fingerprint density at radius 1 is 0.839 bits per heavy atom. The highest BCUT2D eigenvalue weighted by atomic mass is 32.1. The number of rotatable bonds is 4. The third kappa shape index (κ3) is 5.54. The molecule has 0 saturated carbocycles. The lowest BCUT2D eigenvalue weighted by Crippen LogP contribution is -2.26. The van der Waals surface area contributed by atoms with Crippen molar-refractivity contribution in [2.24, 2.45) is 0 Å². The normalized spacial score (nSPS) is 11.0. The summed E-state index contributed by atoms with van der Waals surface area (Å²) in [7, 11) is 0. The topological polar surface area (TPSA) is 61.4 Å². The number of carbonyl (C=O) groups is 2. The number of thiol groups is 1. The number of hydrogen-bond acceptors (Lipinski definition) is 3. The number of halogens is 4. The standard InChI is InChI=1S/C21H15F4N3O2S/c22-18-7-2-1-6-17(18)19(29)26-14-8-10-16(11-9-14)28(31)20(30)27-15-5-3-4-13(12-15)21(23,24)25/h1-12,31H,(H,26,29)(H,27,30).